The lowest BCUT2D eigenvalue weighted by atomic mass is 9.78. The Hall–Kier alpha value is -1.02. The van der Waals surface area contributed by atoms with Gasteiger partial charge in [-0.05, 0) is 55.5 Å². The van der Waals surface area contributed by atoms with E-state index in [1.165, 1.54) is 29.5 Å². The normalized spacial score (nSPS) is 22.4. The van der Waals surface area contributed by atoms with Crippen LogP contribution in [0, 0.1) is 0 Å². The highest BCUT2D eigenvalue weighted by molar-refractivity contribution is 6.31. The van der Waals surface area contributed by atoms with Crippen molar-refractivity contribution in [2.75, 3.05) is 13.1 Å². The van der Waals surface area contributed by atoms with Crippen molar-refractivity contribution in [3.05, 3.63) is 71.3 Å². The van der Waals surface area contributed by atoms with Crippen LogP contribution in [0.25, 0.3) is 0 Å². The van der Waals surface area contributed by atoms with Crippen molar-refractivity contribution in [3.8, 4) is 0 Å². The van der Waals surface area contributed by atoms with Gasteiger partial charge in [0.2, 0.25) is 0 Å². The summed E-state index contributed by atoms with van der Waals surface area (Å²) >= 11 is 12.4. The van der Waals surface area contributed by atoms with E-state index in [1.807, 2.05) is 0 Å². The molecule has 3 heteroatoms. The van der Waals surface area contributed by atoms with Crippen molar-refractivity contribution in [1.82, 2.24) is 4.90 Å². The molecular formula is C23H29Cl2N. The average molecular weight is 390 g/mol. The maximum absolute atomic E-state index is 6.32. The van der Waals surface area contributed by atoms with Crippen molar-refractivity contribution >= 4 is 23.2 Å². The molecule has 3 unspecified atom stereocenters. The molecule has 0 saturated heterocycles. The monoisotopic (exact) mass is 389 g/mol. The van der Waals surface area contributed by atoms with E-state index in [2.05, 4.69) is 66.4 Å². The fraction of sp³-hybridized carbons (Fsp3) is 0.478. The van der Waals surface area contributed by atoms with Gasteiger partial charge in [0.25, 0.3) is 0 Å². The maximum atomic E-state index is 6.32. The predicted octanol–water partition coefficient (Wildman–Crippen LogP) is 6.23. The maximum Gasteiger partial charge on any atom is 0.0568 e. The Morgan fingerprint density at radius 1 is 0.923 bits per heavy atom. The summed E-state index contributed by atoms with van der Waals surface area (Å²) in [7, 11) is 0. The van der Waals surface area contributed by atoms with Gasteiger partial charge in [0.15, 0.2) is 0 Å². The van der Waals surface area contributed by atoms with Gasteiger partial charge < -0.3 is 0 Å². The molecule has 0 aliphatic heterocycles. The zero-order chi connectivity index (χ0) is 18.4. The van der Waals surface area contributed by atoms with Gasteiger partial charge in [-0.25, -0.2) is 0 Å². The summed E-state index contributed by atoms with van der Waals surface area (Å²) in [5.74, 6) is 0.430. The van der Waals surface area contributed by atoms with Crippen molar-refractivity contribution in [2.24, 2.45) is 0 Å². The lowest BCUT2D eigenvalue weighted by molar-refractivity contribution is 0.262. The molecule has 1 aliphatic carbocycles. The summed E-state index contributed by atoms with van der Waals surface area (Å²) in [6.07, 6.45) is 4.52. The fourth-order valence-corrected chi connectivity index (χ4v) is 4.46. The summed E-state index contributed by atoms with van der Waals surface area (Å²) in [6, 6.07) is 19.8. The molecule has 0 bridgehead atoms. The van der Waals surface area contributed by atoms with Gasteiger partial charge in [-0.1, -0.05) is 61.5 Å². The molecule has 0 spiro atoms. The number of benzene rings is 2. The second-order valence-corrected chi connectivity index (χ2v) is 8.47. The van der Waals surface area contributed by atoms with Crippen LogP contribution in [-0.4, -0.2) is 28.7 Å². The van der Waals surface area contributed by atoms with Gasteiger partial charge in [0.1, 0.15) is 0 Å². The third kappa shape index (κ3) is 5.25. The number of rotatable bonds is 9. The largest absolute Gasteiger partial charge is 0.299 e. The van der Waals surface area contributed by atoms with Crippen LogP contribution in [0.15, 0.2) is 54.6 Å². The van der Waals surface area contributed by atoms with Crippen LogP contribution >= 0.6 is 23.2 Å². The number of halogens is 2. The zero-order valence-corrected chi connectivity index (χ0v) is 17.1. The van der Waals surface area contributed by atoms with Crippen LogP contribution in [0.2, 0.25) is 0 Å². The van der Waals surface area contributed by atoms with Crippen LogP contribution in [-0.2, 0) is 13.0 Å². The van der Waals surface area contributed by atoms with Crippen molar-refractivity contribution < 1.29 is 0 Å². The quantitative estimate of drug-likeness (QED) is 0.459. The third-order valence-corrected chi connectivity index (χ3v) is 6.53. The van der Waals surface area contributed by atoms with Crippen LogP contribution < -0.4 is 0 Å². The number of alkyl halides is 2. The van der Waals surface area contributed by atoms with Gasteiger partial charge in [-0.3, -0.25) is 4.90 Å². The van der Waals surface area contributed by atoms with E-state index in [1.54, 1.807) is 0 Å². The van der Waals surface area contributed by atoms with Gasteiger partial charge in [0.05, 0.1) is 10.8 Å². The number of hydrogen-bond donors (Lipinski definition) is 0. The summed E-state index contributed by atoms with van der Waals surface area (Å²) in [5.41, 5.74) is 4.15. The van der Waals surface area contributed by atoms with Crippen LogP contribution in [0.5, 0.6) is 0 Å². The minimum atomic E-state index is 0.0862. The molecule has 0 amide bonds. The van der Waals surface area contributed by atoms with E-state index in [9.17, 15) is 0 Å². The van der Waals surface area contributed by atoms with E-state index < -0.39 is 0 Å². The van der Waals surface area contributed by atoms with Crippen molar-refractivity contribution in [3.63, 3.8) is 0 Å². The smallest absolute Gasteiger partial charge is 0.0568 e. The summed E-state index contributed by atoms with van der Waals surface area (Å²) in [6.45, 7) is 5.61. The number of aryl methyl sites for hydroxylation is 1. The molecule has 1 nitrogen and oxygen atoms in total. The second kappa shape index (κ2) is 9.78. The zero-order valence-electron chi connectivity index (χ0n) is 15.6. The molecular weight excluding hydrogens is 361 g/mol. The highest BCUT2D eigenvalue weighted by atomic mass is 35.5. The summed E-state index contributed by atoms with van der Waals surface area (Å²) in [5, 5.41) is 0.221. The van der Waals surface area contributed by atoms with Crippen LogP contribution in [0.4, 0.5) is 0 Å². The fourth-order valence-electron chi connectivity index (χ4n) is 3.74. The van der Waals surface area contributed by atoms with Crippen molar-refractivity contribution in [2.45, 2.75) is 55.8 Å². The SMILES string of the molecule is CCCN(CCCc1ccc(C2CC(Cl)C2Cl)cc1)Cc1ccccc1. The first-order chi connectivity index (χ1) is 12.7. The molecule has 0 N–H and O–H groups in total. The van der Waals surface area contributed by atoms with E-state index in [4.69, 9.17) is 23.2 Å². The molecule has 26 heavy (non-hydrogen) atoms. The number of nitrogens with zero attached hydrogens (tertiary/aromatic N) is 1. The Balaban J connectivity index is 1.46. The molecule has 140 valence electrons. The predicted molar refractivity (Wildman–Crippen MR) is 113 cm³/mol. The highest BCUT2D eigenvalue weighted by Gasteiger charge is 2.39. The molecule has 2 aromatic rings. The first-order valence-corrected chi connectivity index (χ1v) is 10.7. The lowest BCUT2D eigenvalue weighted by Gasteiger charge is -2.37. The van der Waals surface area contributed by atoms with E-state index in [0.717, 1.165) is 32.5 Å². The minimum Gasteiger partial charge on any atom is -0.299 e. The van der Waals surface area contributed by atoms with Gasteiger partial charge >= 0.3 is 0 Å². The van der Waals surface area contributed by atoms with Gasteiger partial charge in [-0.2, -0.15) is 0 Å². The Labute approximate surface area is 168 Å². The van der Waals surface area contributed by atoms with E-state index >= 15 is 0 Å². The second-order valence-electron chi connectivity index (χ2n) is 7.41. The Morgan fingerprint density at radius 2 is 1.65 bits per heavy atom. The number of hydrogen-bond acceptors (Lipinski definition) is 1. The minimum absolute atomic E-state index is 0.0862. The van der Waals surface area contributed by atoms with Gasteiger partial charge in [0, 0.05) is 12.5 Å². The molecule has 2 aromatic carbocycles. The molecule has 3 rings (SSSR count). The van der Waals surface area contributed by atoms with Gasteiger partial charge in [-0.15, -0.1) is 23.2 Å². The average Bonchev–Trinajstić information content (AvgIpc) is 2.67. The van der Waals surface area contributed by atoms with Crippen molar-refractivity contribution in [1.29, 1.82) is 0 Å². The summed E-state index contributed by atoms with van der Waals surface area (Å²) < 4.78 is 0. The molecule has 1 fully saturated rings. The molecule has 3 atom stereocenters. The molecule has 0 heterocycles. The first-order valence-electron chi connectivity index (χ1n) is 9.80. The standard InChI is InChI=1S/C23H29Cl2N/c1-2-14-26(17-19-7-4-3-5-8-19)15-6-9-18-10-12-20(13-11-18)21-16-22(24)23(21)25/h3-5,7-8,10-13,21-23H,2,6,9,14-17H2,1H3. The Bertz CT molecular complexity index is 656. The molecule has 0 radical (unpaired) electrons. The van der Waals surface area contributed by atoms with E-state index in [0.29, 0.717) is 5.92 Å². The topological polar surface area (TPSA) is 3.24 Å². The molecule has 0 aromatic heterocycles. The Kier molecular flexibility index (Phi) is 7.42. The lowest BCUT2D eigenvalue weighted by Crippen LogP contribution is -2.36. The molecule has 1 aliphatic rings. The summed E-state index contributed by atoms with van der Waals surface area (Å²) in [4.78, 5) is 2.57. The Morgan fingerprint density at radius 3 is 2.27 bits per heavy atom. The highest BCUT2D eigenvalue weighted by Crippen LogP contribution is 2.44. The van der Waals surface area contributed by atoms with Crippen LogP contribution in [0.3, 0.4) is 0 Å². The first kappa shape index (κ1) is 19.7. The van der Waals surface area contributed by atoms with Crippen LogP contribution in [0.1, 0.15) is 48.8 Å². The molecule has 1 saturated carbocycles. The van der Waals surface area contributed by atoms with E-state index in [-0.39, 0.29) is 10.8 Å². The third-order valence-electron chi connectivity index (χ3n) is 5.35.